The Morgan fingerprint density at radius 3 is 2.63 bits per heavy atom. The highest BCUT2D eigenvalue weighted by molar-refractivity contribution is 5.79. The molecule has 1 heterocycles. The van der Waals surface area contributed by atoms with Crippen LogP contribution in [0.3, 0.4) is 0 Å². The lowest BCUT2D eigenvalue weighted by atomic mass is 10.1. The first-order valence-electron chi connectivity index (χ1n) is 9.80. The van der Waals surface area contributed by atoms with E-state index >= 15 is 0 Å². The minimum Gasteiger partial charge on any atom is -0.493 e. The molecule has 0 bridgehead atoms. The predicted octanol–water partition coefficient (Wildman–Crippen LogP) is 1.52. The van der Waals surface area contributed by atoms with E-state index in [-0.39, 0.29) is 0 Å². The molecule has 0 aromatic heterocycles. The first-order valence-corrected chi connectivity index (χ1v) is 9.80. The Morgan fingerprint density at radius 1 is 1.15 bits per heavy atom. The van der Waals surface area contributed by atoms with Gasteiger partial charge in [-0.25, -0.2) is 0 Å². The van der Waals surface area contributed by atoms with Gasteiger partial charge in [0.2, 0.25) is 0 Å². The van der Waals surface area contributed by atoms with Gasteiger partial charge in [-0.3, -0.25) is 9.89 Å². The number of nitrogens with one attached hydrogen (secondary N) is 2. The summed E-state index contributed by atoms with van der Waals surface area (Å²) in [6, 6.07) is 6.07. The van der Waals surface area contributed by atoms with Crippen molar-refractivity contribution in [3.05, 3.63) is 23.8 Å². The Hall–Kier alpha value is -1.99. The maximum absolute atomic E-state index is 5.38. The first kappa shape index (κ1) is 21.3. The van der Waals surface area contributed by atoms with E-state index < -0.39 is 0 Å². The van der Waals surface area contributed by atoms with Gasteiger partial charge in [0.15, 0.2) is 17.5 Å². The van der Waals surface area contributed by atoms with Crippen molar-refractivity contribution >= 4 is 5.96 Å². The molecule has 0 unspecified atom stereocenters. The van der Waals surface area contributed by atoms with Crippen molar-refractivity contribution in [2.24, 2.45) is 4.99 Å². The lowest BCUT2D eigenvalue weighted by Crippen LogP contribution is -2.44. The molecule has 0 saturated carbocycles. The van der Waals surface area contributed by atoms with Crippen LogP contribution < -0.4 is 20.1 Å². The summed E-state index contributed by atoms with van der Waals surface area (Å²) in [5.41, 5.74) is 1.23. The Bertz CT molecular complexity index is 574. The molecular weight excluding hydrogens is 344 g/mol. The van der Waals surface area contributed by atoms with Crippen molar-refractivity contribution in [1.29, 1.82) is 0 Å². The molecule has 1 aliphatic heterocycles. The first-order chi connectivity index (χ1) is 13.3. The van der Waals surface area contributed by atoms with E-state index in [9.17, 15) is 0 Å². The van der Waals surface area contributed by atoms with E-state index in [4.69, 9.17) is 14.2 Å². The van der Waals surface area contributed by atoms with E-state index in [2.05, 4.69) is 33.5 Å². The van der Waals surface area contributed by atoms with E-state index in [0.717, 1.165) is 82.8 Å². The molecular formula is C20H34N4O3. The number of methoxy groups -OCH3 is 2. The molecule has 1 fully saturated rings. The number of morpholine rings is 1. The fourth-order valence-corrected chi connectivity index (χ4v) is 3.01. The topological polar surface area (TPSA) is 67.4 Å². The van der Waals surface area contributed by atoms with Crippen LogP contribution in [0.4, 0.5) is 0 Å². The minimum absolute atomic E-state index is 0.762. The lowest BCUT2D eigenvalue weighted by molar-refractivity contribution is 0.0389. The van der Waals surface area contributed by atoms with Crippen molar-refractivity contribution in [3.8, 4) is 11.5 Å². The second-order valence-electron chi connectivity index (χ2n) is 6.43. The van der Waals surface area contributed by atoms with Gasteiger partial charge in [-0.05, 0) is 37.5 Å². The molecule has 0 radical (unpaired) electrons. The monoisotopic (exact) mass is 378 g/mol. The van der Waals surface area contributed by atoms with Crippen molar-refractivity contribution in [2.75, 3.05) is 66.7 Å². The van der Waals surface area contributed by atoms with Gasteiger partial charge < -0.3 is 24.8 Å². The third kappa shape index (κ3) is 7.64. The zero-order valence-corrected chi connectivity index (χ0v) is 16.9. The molecule has 0 atom stereocenters. The molecule has 1 saturated heterocycles. The molecule has 1 aromatic rings. The molecule has 0 aliphatic carbocycles. The van der Waals surface area contributed by atoms with Crippen molar-refractivity contribution in [1.82, 2.24) is 15.5 Å². The summed E-state index contributed by atoms with van der Waals surface area (Å²) in [6.45, 7) is 9.33. The zero-order chi connectivity index (χ0) is 19.3. The van der Waals surface area contributed by atoms with Gasteiger partial charge in [-0.1, -0.05) is 6.07 Å². The highest BCUT2D eigenvalue weighted by Crippen LogP contribution is 2.27. The number of hydrogen-bond donors (Lipinski definition) is 2. The van der Waals surface area contributed by atoms with E-state index in [1.165, 1.54) is 5.56 Å². The summed E-state index contributed by atoms with van der Waals surface area (Å²) in [4.78, 5) is 7.10. The van der Waals surface area contributed by atoms with Crippen LogP contribution in [0.5, 0.6) is 11.5 Å². The molecule has 1 aromatic carbocycles. The smallest absolute Gasteiger partial charge is 0.191 e. The van der Waals surface area contributed by atoms with Crippen LogP contribution in [0.25, 0.3) is 0 Å². The molecule has 1 aliphatic rings. The summed E-state index contributed by atoms with van der Waals surface area (Å²) in [6.07, 6.45) is 1.94. The molecule has 0 spiro atoms. The number of guanidine groups is 1. The summed E-state index contributed by atoms with van der Waals surface area (Å²) in [5, 5.41) is 6.73. The standard InChI is InChI=1S/C20H34N4O3/c1-4-21-20(23-10-11-24-12-14-27-15-13-24)22-9-5-6-17-7-8-18(25-2)19(16-17)26-3/h7-8,16H,4-6,9-15H2,1-3H3,(H2,21,22,23). The minimum atomic E-state index is 0.762. The molecule has 27 heavy (non-hydrogen) atoms. The van der Waals surface area contributed by atoms with Gasteiger partial charge in [0, 0.05) is 39.3 Å². The van der Waals surface area contributed by atoms with Gasteiger partial charge in [-0.2, -0.15) is 0 Å². The normalized spacial score (nSPS) is 15.4. The number of ether oxygens (including phenoxy) is 3. The summed E-state index contributed by atoms with van der Waals surface area (Å²) in [5.74, 6) is 2.42. The maximum Gasteiger partial charge on any atom is 0.191 e. The largest absolute Gasteiger partial charge is 0.493 e. The van der Waals surface area contributed by atoms with E-state index in [1.807, 2.05) is 12.1 Å². The van der Waals surface area contributed by atoms with Crippen LogP contribution in [-0.2, 0) is 11.2 Å². The second-order valence-corrected chi connectivity index (χ2v) is 6.43. The quantitative estimate of drug-likeness (QED) is 0.366. The second kappa shape index (κ2) is 12.4. The van der Waals surface area contributed by atoms with E-state index in [1.54, 1.807) is 14.2 Å². The molecule has 0 amide bonds. The summed E-state index contributed by atoms with van der Waals surface area (Å²) >= 11 is 0. The number of nitrogens with zero attached hydrogens (tertiary/aromatic N) is 2. The van der Waals surface area contributed by atoms with Gasteiger partial charge >= 0.3 is 0 Å². The zero-order valence-electron chi connectivity index (χ0n) is 16.9. The highest BCUT2D eigenvalue weighted by atomic mass is 16.5. The maximum atomic E-state index is 5.38. The summed E-state index contributed by atoms with van der Waals surface area (Å²) < 4.78 is 16.0. The van der Waals surface area contributed by atoms with Gasteiger partial charge in [-0.15, -0.1) is 0 Å². The number of benzene rings is 1. The molecule has 152 valence electrons. The third-order valence-corrected chi connectivity index (χ3v) is 4.51. The van der Waals surface area contributed by atoms with Crippen molar-refractivity contribution in [2.45, 2.75) is 19.8 Å². The van der Waals surface area contributed by atoms with E-state index in [0.29, 0.717) is 0 Å². The molecule has 2 N–H and O–H groups in total. The Kier molecular flexibility index (Phi) is 9.79. The van der Waals surface area contributed by atoms with Gasteiger partial charge in [0.25, 0.3) is 0 Å². The van der Waals surface area contributed by atoms with Crippen molar-refractivity contribution < 1.29 is 14.2 Å². The number of hydrogen-bond acceptors (Lipinski definition) is 5. The number of aryl methyl sites for hydroxylation is 1. The molecule has 2 rings (SSSR count). The average Bonchev–Trinajstić information content (AvgIpc) is 2.71. The predicted molar refractivity (Wildman–Crippen MR) is 109 cm³/mol. The average molecular weight is 379 g/mol. The van der Waals surface area contributed by atoms with Crippen LogP contribution in [0, 0.1) is 0 Å². The highest BCUT2D eigenvalue weighted by Gasteiger charge is 2.09. The van der Waals surface area contributed by atoms with Crippen LogP contribution in [0.15, 0.2) is 23.2 Å². The number of rotatable bonds is 10. The summed E-state index contributed by atoms with van der Waals surface area (Å²) in [7, 11) is 3.32. The van der Waals surface area contributed by atoms with Crippen LogP contribution >= 0.6 is 0 Å². The SMILES string of the molecule is CCNC(=NCCCc1ccc(OC)c(OC)c1)NCCN1CCOCC1. The number of aliphatic imine (C=N–C) groups is 1. The fraction of sp³-hybridized carbons (Fsp3) is 0.650. The van der Waals surface area contributed by atoms with Crippen LogP contribution in [0.1, 0.15) is 18.9 Å². The van der Waals surface area contributed by atoms with Gasteiger partial charge in [0.1, 0.15) is 0 Å². The molecule has 7 heteroatoms. The van der Waals surface area contributed by atoms with Crippen LogP contribution in [-0.4, -0.2) is 77.6 Å². The van der Waals surface area contributed by atoms with Gasteiger partial charge in [0.05, 0.1) is 27.4 Å². The fourth-order valence-electron chi connectivity index (χ4n) is 3.01. The lowest BCUT2D eigenvalue weighted by Gasteiger charge is -2.26. The third-order valence-electron chi connectivity index (χ3n) is 4.51. The Morgan fingerprint density at radius 2 is 1.93 bits per heavy atom. The van der Waals surface area contributed by atoms with Crippen molar-refractivity contribution in [3.63, 3.8) is 0 Å². The Labute approximate surface area is 163 Å². The van der Waals surface area contributed by atoms with Crippen LogP contribution in [0.2, 0.25) is 0 Å². The Balaban J connectivity index is 1.73. The molecule has 7 nitrogen and oxygen atoms in total.